The summed E-state index contributed by atoms with van der Waals surface area (Å²) in [7, 11) is -4.30. The van der Waals surface area contributed by atoms with Crippen LogP contribution < -0.4 is 14.8 Å². The van der Waals surface area contributed by atoms with Crippen molar-refractivity contribution >= 4 is 27.7 Å². The molecule has 2 heterocycles. The summed E-state index contributed by atoms with van der Waals surface area (Å²) in [5.74, 6) is -3.21. The second-order valence-electron chi connectivity index (χ2n) is 5.25. The standard InChI is InChI=1S/C13H12FN5O5S/c14-12-7(8-3-6(16-17-8)4-10(15)21)1-2-9(20)13(12)19-5-11(22)18-25(19,23)24/h1-3,20H,4-5H2,(H2,15,21)(H,16,17)(H,18,22). The number of phenols is 1. The summed E-state index contributed by atoms with van der Waals surface area (Å²) in [5, 5.41) is 16.2. The zero-order chi connectivity index (χ0) is 18.4. The molecule has 0 spiro atoms. The summed E-state index contributed by atoms with van der Waals surface area (Å²) in [6, 6.07) is 3.65. The van der Waals surface area contributed by atoms with E-state index in [1.165, 1.54) is 12.1 Å². The maximum Gasteiger partial charge on any atom is 0.326 e. The van der Waals surface area contributed by atoms with E-state index >= 15 is 0 Å². The number of hydrogen-bond donors (Lipinski definition) is 4. The van der Waals surface area contributed by atoms with Gasteiger partial charge >= 0.3 is 10.2 Å². The molecule has 2 amide bonds. The molecule has 0 bridgehead atoms. The average molecular weight is 369 g/mol. The van der Waals surface area contributed by atoms with Crippen LogP contribution in [0.1, 0.15) is 5.69 Å². The van der Waals surface area contributed by atoms with Gasteiger partial charge in [-0.1, -0.05) is 0 Å². The molecule has 1 aromatic heterocycles. The maximum absolute atomic E-state index is 14.9. The number of H-pyrrole nitrogens is 1. The highest BCUT2D eigenvalue weighted by molar-refractivity contribution is 7.92. The number of nitrogens with zero attached hydrogens (tertiary/aromatic N) is 2. The van der Waals surface area contributed by atoms with Crippen molar-refractivity contribution in [2.45, 2.75) is 6.42 Å². The third-order valence-corrected chi connectivity index (χ3v) is 4.82. The van der Waals surface area contributed by atoms with Crippen LogP contribution in [0.15, 0.2) is 18.2 Å². The van der Waals surface area contributed by atoms with Crippen molar-refractivity contribution in [2.24, 2.45) is 5.73 Å². The van der Waals surface area contributed by atoms with Crippen LogP contribution in [0.2, 0.25) is 0 Å². The quantitative estimate of drug-likeness (QED) is 0.548. The Morgan fingerprint density at radius 3 is 2.76 bits per heavy atom. The zero-order valence-corrected chi connectivity index (χ0v) is 13.3. The highest BCUT2D eigenvalue weighted by Gasteiger charge is 2.38. The van der Waals surface area contributed by atoms with E-state index in [1.807, 2.05) is 0 Å². The molecule has 5 N–H and O–H groups in total. The van der Waals surface area contributed by atoms with E-state index < -0.39 is 45.8 Å². The Morgan fingerprint density at radius 2 is 2.16 bits per heavy atom. The highest BCUT2D eigenvalue weighted by Crippen LogP contribution is 2.38. The summed E-state index contributed by atoms with van der Waals surface area (Å²) in [6.45, 7) is -0.661. The number of carbonyl (C=O) groups is 2. The van der Waals surface area contributed by atoms with Gasteiger partial charge < -0.3 is 10.8 Å². The van der Waals surface area contributed by atoms with E-state index in [1.54, 1.807) is 4.72 Å². The van der Waals surface area contributed by atoms with Gasteiger partial charge in [0.1, 0.15) is 18.0 Å². The number of benzene rings is 1. The summed E-state index contributed by atoms with van der Waals surface area (Å²) < 4.78 is 40.8. The lowest BCUT2D eigenvalue weighted by Crippen LogP contribution is -2.30. The maximum atomic E-state index is 14.9. The second kappa shape index (κ2) is 5.73. The number of hydrogen-bond acceptors (Lipinski definition) is 6. The molecule has 0 atom stereocenters. The van der Waals surface area contributed by atoms with Crippen molar-refractivity contribution in [3.63, 3.8) is 0 Å². The van der Waals surface area contributed by atoms with Crippen molar-refractivity contribution in [3.8, 4) is 17.0 Å². The van der Waals surface area contributed by atoms with Crippen molar-refractivity contribution in [1.29, 1.82) is 0 Å². The minimum atomic E-state index is -4.30. The lowest BCUT2D eigenvalue weighted by atomic mass is 10.1. The molecule has 1 saturated heterocycles. The first-order valence-corrected chi connectivity index (χ1v) is 8.31. The molecule has 2 aromatic rings. The first-order valence-electron chi connectivity index (χ1n) is 6.87. The topological polar surface area (TPSA) is 158 Å². The number of primary amides is 1. The van der Waals surface area contributed by atoms with Gasteiger partial charge in [0.25, 0.3) is 5.91 Å². The molecule has 25 heavy (non-hydrogen) atoms. The second-order valence-corrected chi connectivity index (χ2v) is 6.84. The summed E-state index contributed by atoms with van der Waals surface area (Å²) in [6.07, 6.45) is -0.165. The largest absolute Gasteiger partial charge is 0.506 e. The third-order valence-electron chi connectivity index (χ3n) is 3.44. The van der Waals surface area contributed by atoms with Gasteiger partial charge in [-0.25, -0.2) is 13.4 Å². The number of rotatable bonds is 4. The van der Waals surface area contributed by atoms with Crippen LogP contribution >= 0.6 is 0 Å². The molecule has 0 aliphatic carbocycles. The monoisotopic (exact) mass is 369 g/mol. The van der Waals surface area contributed by atoms with Gasteiger partial charge in [0.05, 0.1) is 17.8 Å². The SMILES string of the molecule is NC(=O)Cc1cc(-c2ccc(O)c(N3CC(=O)NS3(=O)=O)c2F)[nH]n1. The van der Waals surface area contributed by atoms with Crippen molar-refractivity contribution in [2.75, 3.05) is 10.8 Å². The molecule has 0 unspecified atom stereocenters. The van der Waals surface area contributed by atoms with Gasteiger partial charge in [0, 0.05) is 5.56 Å². The molecule has 1 fully saturated rings. The zero-order valence-electron chi connectivity index (χ0n) is 12.5. The summed E-state index contributed by atoms with van der Waals surface area (Å²) in [4.78, 5) is 22.2. The fourth-order valence-corrected chi connectivity index (χ4v) is 3.58. The number of nitrogens with one attached hydrogen (secondary N) is 2. The van der Waals surface area contributed by atoms with E-state index in [2.05, 4.69) is 10.2 Å². The van der Waals surface area contributed by atoms with E-state index in [4.69, 9.17) is 5.73 Å². The molecule has 0 saturated carbocycles. The highest BCUT2D eigenvalue weighted by atomic mass is 32.2. The normalized spacial score (nSPS) is 16.0. The van der Waals surface area contributed by atoms with E-state index in [-0.39, 0.29) is 23.4 Å². The molecule has 3 rings (SSSR count). The van der Waals surface area contributed by atoms with Crippen LogP contribution in [-0.4, -0.2) is 42.1 Å². The molecule has 1 aliphatic heterocycles. The molecule has 10 nitrogen and oxygen atoms in total. The first-order chi connectivity index (χ1) is 11.7. The van der Waals surface area contributed by atoms with Crippen molar-refractivity contribution in [1.82, 2.24) is 14.9 Å². The van der Waals surface area contributed by atoms with Gasteiger partial charge in [-0.05, 0) is 18.2 Å². The van der Waals surface area contributed by atoms with Crippen LogP contribution in [0.3, 0.4) is 0 Å². The third kappa shape index (κ3) is 2.98. The predicted molar refractivity (Wildman–Crippen MR) is 83.0 cm³/mol. The molecule has 1 aliphatic rings. The van der Waals surface area contributed by atoms with Gasteiger partial charge in [-0.15, -0.1) is 0 Å². The predicted octanol–water partition coefficient (Wildman–Crippen LogP) is -0.870. The first kappa shape index (κ1) is 16.7. The number of amides is 2. The van der Waals surface area contributed by atoms with Crippen molar-refractivity contribution < 1.29 is 27.5 Å². The Kier molecular flexibility index (Phi) is 3.83. The fourth-order valence-electron chi connectivity index (χ4n) is 2.42. The molecule has 1 aromatic carbocycles. The number of carbonyl (C=O) groups excluding carboxylic acids is 2. The van der Waals surface area contributed by atoms with Crippen LogP contribution in [0, 0.1) is 5.82 Å². The Labute approximate surface area is 140 Å². The number of halogens is 1. The van der Waals surface area contributed by atoms with Crippen LogP contribution in [-0.2, 0) is 26.2 Å². The number of aromatic amines is 1. The number of aromatic hydroxyl groups is 1. The van der Waals surface area contributed by atoms with E-state index in [0.717, 1.165) is 6.07 Å². The number of aromatic nitrogens is 2. The van der Waals surface area contributed by atoms with Crippen LogP contribution in [0.5, 0.6) is 5.75 Å². The fraction of sp³-hybridized carbons (Fsp3) is 0.154. The summed E-state index contributed by atoms with van der Waals surface area (Å²) >= 11 is 0. The number of anilines is 1. The molecule has 12 heteroatoms. The minimum Gasteiger partial charge on any atom is -0.506 e. The van der Waals surface area contributed by atoms with Crippen LogP contribution in [0.25, 0.3) is 11.3 Å². The lowest BCUT2D eigenvalue weighted by molar-refractivity contribution is -0.118. The van der Waals surface area contributed by atoms with E-state index in [0.29, 0.717) is 4.31 Å². The Hall–Kier alpha value is -3.15. The average Bonchev–Trinajstić information content (AvgIpc) is 3.03. The smallest absolute Gasteiger partial charge is 0.326 e. The summed E-state index contributed by atoms with van der Waals surface area (Å²) in [5.41, 5.74) is 4.70. The number of nitrogens with two attached hydrogens (primary N) is 1. The minimum absolute atomic E-state index is 0.106. The molecular formula is C13H12FN5O5S. The number of phenolic OH excluding ortho intramolecular Hbond substituents is 1. The van der Waals surface area contributed by atoms with Gasteiger partial charge in [0.2, 0.25) is 5.91 Å². The van der Waals surface area contributed by atoms with Gasteiger partial charge in [-0.2, -0.15) is 13.5 Å². The van der Waals surface area contributed by atoms with Gasteiger partial charge in [-0.3, -0.25) is 14.7 Å². The van der Waals surface area contributed by atoms with Crippen molar-refractivity contribution in [3.05, 3.63) is 29.7 Å². The Balaban J connectivity index is 2.08. The lowest BCUT2D eigenvalue weighted by Gasteiger charge is -2.18. The van der Waals surface area contributed by atoms with Gasteiger partial charge in [0.15, 0.2) is 5.82 Å². The van der Waals surface area contributed by atoms with E-state index in [9.17, 15) is 27.5 Å². The molecule has 0 radical (unpaired) electrons. The molecular weight excluding hydrogens is 357 g/mol. The van der Waals surface area contributed by atoms with Crippen LogP contribution in [0.4, 0.5) is 10.1 Å². The molecule has 132 valence electrons. The Morgan fingerprint density at radius 1 is 1.44 bits per heavy atom. The Bertz CT molecular complexity index is 987.